The smallest absolute Gasteiger partial charge is 0.449 e. The van der Waals surface area contributed by atoms with Crippen molar-refractivity contribution in [2.45, 2.75) is 50.3 Å². The van der Waals surface area contributed by atoms with Crippen LogP contribution in [0.25, 0.3) is 0 Å². The molecule has 66 valence electrons. The third kappa shape index (κ3) is 7.08. The lowest BCUT2D eigenvalue weighted by atomic mass is 10.4. The molecule has 0 saturated carbocycles. The first kappa shape index (κ1) is 11.7. The fourth-order valence-electron chi connectivity index (χ4n) is 1.19. The summed E-state index contributed by atoms with van der Waals surface area (Å²) in [6.45, 7) is 9.10. The number of rotatable bonds is 6. The number of hydrogen-bond donors (Lipinski definition) is 0. The highest BCUT2D eigenvalue weighted by Gasteiger charge is 2.17. The summed E-state index contributed by atoms with van der Waals surface area (Å²) in [5.74, 6) is 0. The fraction of sp³-hybridized carbons (Fsp3) is 1.00. The van der Waals surface area contributed by atoms with Gasteiger partial charge in [-0.05, 0) is 0 Å². The van der Waals surface area contributed by atoms with Gasteiger partial charge < -0.3 is 3.48 Å². The Hall–Kier alpha value is 0.709. The minimum atomic E-state index is -0.727. The van der Waals surface area contributed by atoms with Crippen LogP contribution in [0.3, 0.4) is 0 Å². The summed E-state index contributed by atoms with van der Waals surface area (Å²) < 4.78 is 5.98. The molecule has 0 aliphatic carbocycles. The Kier molecular flexibility index (Phi) is 7.84. The quantitative estimate of drug-likeness (QED) is 0.582. The molecule has 0 radical (unpaired) electrons. The Morgan fingerprint density at radius 1 is 1.27 bits per heavy atom. The normalized spacial score (nSPS) is 10.6. The average Bonchev–Trinajstić information content (AvgIpc) is 1.97. The molecule has 0 fully saturated rings. The van der Waals surface area contributed by atoms with Gasteiger partial charge in [0.05, 0.1) is 0 Å². The molecule has 11 heavy (non-hydrogen) atoms. The van der Waals surface area contributed by atoms with Crippen LogP contribution in [0, 0.1) is 0 Å². The third-order valence-electron chi connectivity index (χ3n) is 1.80. The van der Waals surface area contributed by atoms with Gasteiger partial charge in [0.15, 0.2) is 0 Å². The number of unbranched alkanes of at least 4 members (excludes halogenated alkanes) is 1. The van der Waals surface area contributed by atoms with Gasteiger partial charge in [-0.25, -0.2) is 0 Å². The van der Waals surface area contributed by atoms with Crippen molar-refractivity contribution in [1.29, 1.82) is 0 Å². The molecule has 1 nitrogen and oxygen atoms in total. The zero-order chi connectivity index (χ0) is 8.69. The van der Waals surface area contributed by atoms with Crippen molar-refractivity contribution in [2.24, 2.45) is 0 Å². The largest absolute Gasteiger partial charge is 0.548 e. The summed E-state index contributed by atoms with van der Waals surface area (Å²) in [6, 6.07) is 0. The minimum Gasteiger partial charge on any atom is -0.548 e. The Bertz CT molecular complexity index is 88.2. The molecule has 0 aliphatic rings. The Labute approximate surface area is 77.6 Å². The van der Waals surface area contributed by atoms with Crippen LogP contribution < -0.4 is 0 Å². The average molecular weight is 188 g/mol. The van der Waals surface area contributed by atoms with E-state index in [1.807, 2.05) is 0 Å². The van der Waals surface area contributed by atoms with Gasteiger partial charge in [0.2, 0.25) is 0 Å². The summed E-state index contributed by atoms with van der Waals surface area (Å²) in [4.78, 5) is 0. The molecule has 3 heteroatoms. The molecule has 0 aromatic heterocycles. The second-order valence-electron chi connectivity index (χ2n) is 3.36. The van der Waals surface area contributed by atoms with Crippen molar-refractivity contribution in [3.63, 3.8) is 0 Å². The van der Waals surface area contributed by atoms with E-state index < -0.39 is 23.5 Å². The van der Waals surface area contributed by atoms with Gasteiger partial charge in [0.1, 0.15) is 9.04 Å². The van der Waals surface area contributed by atoms with E-state index in [0.29, 0.717) is 0 Å². The summed E-state index contributed by atoms with van der Waals surface area (Å²) in [5, 5.41) is 2.73. The molecule has 0 aliphatic heterocycles. The molecule has 0 bridgehead atoms. The van der Waals surface area contributed by atoms with Gasteiger partial charge in [-0.1, -0.05) is 50.3 Å². The molecule has 0 spiro atoms. The van der Waals surface area contributed by atoms with Gasteiger partial charge in [-0.15, -0.1) is 0 Å². The molecule has 0 N–H and O–H groups in total. The molecule has 0 heterocycles. The van der Waals surface area contributed by atoms with E-state index in [0.717, 1.165) is 0 Å². The van der Waals surface area contributed by atoms with Gasteiger partial charge in [0.25, 0.3) is 0 Å². The van der Waals surface area contributed by atoms with Crippen molar-refractivity contribution in [1.82, 2.24) is 0 Å². The first-order valence-electron chi connectivity index (χ1n) is 4.86. The fourth-order valence-corrected chi connectivity index (χ4v) is 6.85. The van der Waals surface area contributed by atoms with Crippen LogP contribution in [-0.4, -0.2) is 23.5 Å². The maximum Gasteiger partial charge on any atom is 0.449 e. The molecule has 0 aromatic carbocycles. The van der Waals surface area contributed by atoms with Gasteiger partial charge >= 0.3 is 14.5 Å². The number of hydrogen-bond acceptors (Lipinski definition) is 1. The first-order chi connectivity index (χ1) is 5.20. The summed E-state index contributed by atoms with van der Waals surface area (Å²) >= 11 is -0.727. The van der Waals surface area contributed by atoms with Crippen LogP contribution in [0.2, 0.25) is 23.7 Å². The van der Waals surface area contributed by atoms with Crippen LogP contribution in [0.1, 0.15) is 26.7 Å². The van der Waals surface area contributed by atoms with Gasteiger partial charge in [-0.3, -0.25) is 0 Å². The summed E-state index contributed by atoms with van der Waals surface area (Å²) in [5.41, 5.74) is 0. The Balaban J connectivity index is 3.41. The molecular weight excluding hydrogens is 167 g/mol. The maximum absolute atomic E-state index is 5.98. The molecule has 0 saturated heterocycles. The monoisotopic (exact) mass is 188 g/mol. The highest BCUT2D eigenvalue weighted by molar-refractivity contribution is 6.64. The van der Waals surface area contributed by atoms with Crippen LogP contribution in [0.4, 0.5) is 0 Å². The van der Waals surface area contributed by atoms with Crippen molar-refractivity contribution in [3.05, 3.63) is 0 Å². The molecule has 0 unspecified atom stereocenters. The SMILES string of the molecule is CCC[CH2][Al]([CH2]C)[O][SiH](C)C. The maximum atomic E-state index is 5.98. The first-order valence-corrected chi connectivity index (χ1v) is 9.74. The van der Waals surface area contributed by atoms with E-state index >= 15 is 0 Å². The van der Waals surface area contributed by atoms with Crippen LogP contribution in [-0.2, 0) is 3.48 Å². The second kappa shape index (κ2) is 7.36. The van der Waals surface area contributed by atoms with Crippen molar-refractivity contribution in [2.75, 3.05) is 0 Å². The minimum absolute atomic E-state index is 0.727. The predicted molar refractivity (Wildman–Crippen MR) is 55.9 cm³/mol. The molecular formula is C8H21AlOSi. The molecule has 0 rings (SSSR count). The van der Waals surface area contributed by atoms with Crippen molar-refractivity contribution >= 4 is 23.5 Å². The summed E-state index contributed by atoms with van der Waals surface area (Å²) in [6.07, 6.45) is 2.71. The van der Waals surface area contributed by atoms with Crippen LogP contribution >= 0.6 is 0 Å². The summed E-state index contributed by atoms with van der Waals surface area (Å²) in [7, 11) is -0.727. The van der Waals surface area contributed by atoms with Crippen molar-refractivity contribution in [3.8, 4) is 0 Å². The third-order valence-corrected chi connectivity index (χ3v) is 7.48. The lowest BCUT2D eigenvalue weighted by Gasteiger charge is -2.13. The Morgan fingerprint density at radius 3 is 2.27 bits per heavy atom. The zero-order valence-electron chi connectivity index (χ0n) is 8.39. The van der Waals surface area contributed by atoms with E-state index in [1.54, 1.807) is 0 Å². The standard InChI is InChI=1S/C4H9.C2H7OSi.C2H5.Al/c1-3-4-2;1-4(2)3;1-2;/h1,3-4H2,2H3;4H,1-2H3;1H2,2H3;/q;-1;;+1. The predicted octanol–water partition coefficient (Wildman–Crippen LogP) is 2.80. The van der Waals surface area contributed by atoms with Crippen LogP contribution in [0.15, 0.2) is 0 Å². The lowest BCUT2D eigenvalue weighted by molar-refractivity contribution is 0.583. The van der Waals surface area contributed by atoms with Gasteiger partial charge in [-0.2, -0.15) is 0 Å². The zero-order valence-corrected chi connectivity index (χ0v) is 10.7. The van der Waals surface area contributed by atoms with E-state index in [-0.39, 0.29) is 0 Å². The van der Waals surface area contributed by atoms with Crippen molar-refractivity contribution < 1.29 is 3.48 Å². The van der Waals surface area contributed by atoms with Gasteiger partial charge in [0, 0.05) is 0 Å². The second-order valence-corrected chi connectivity index (χ2v) is 9.18. The lowest BCUT2D eigenvalue weighted by Crippen LogP contribution is -2.23. The van der Waals surface area contributed by atoms with Crippen LogP contribution in [0.5, 0.6) is 0 Å². The molecule has 0 aromatic rings. The molecule has 0 atom stereocenters. The van der Waals surface area contributed by atoms with E-state index in [9.17, 15) is 0 Å². The highest BCUT2D eigenvalue weighted by atomic mass is 28.3. The Morgan fingerprint density at radius 2 is 1.91 bits per heavy atom. The molecule has 0 amide bonds. The van der Waals surface area contributed by atoms with E-state index in [1.165, 1.54) is 23.4 Å². The highest BCUT2D eigenvalue weighted by Crippen LogP contribution is 2.07. The topological polar surface area (TPSA) is 9.23 Å². The van der Waals surface area contributed by atoms with E-state index in [4.69, 9.17) is 3.48 Å². The van der Waals surface area contributed by atoms with E-state index in [2.05, 4.69) is 26.9 Å².